The summed E-state index contributed by atoms with van der Waals surface area (Å²) >= 11 is 0. The van der Waals surface area contributed by atoms with Gasteiger partial charge in [0.2, 0.25) is 0 Å². The van der Waals surface area contributed by atoms with Crippen LogP contribution in [0, 0.1) is 6.92 Å². The van der Waals surface area contributed by atoms with Gasteiger partial charge in [-0.25, -0.2) is 0 Å². The van der Waals surface area contributed by atoms with Crippen LogP contribution in [0.3, 0.4) is 0 Å². The number of rotatable bonds is 6. The van der Waals surface area contributed by atoms with Gasteiger partial charge in [-0.1, -0.05) is 44.1 Å². The zero-order valence-corrected chi connectivity index (χ0v) is 7.55. The van der Waals surface area contributed by atoms with Gasteiger partial charge >= 0.3 is 0 Å². The second-order valence-corrected chi connectivity index (χ2v) is 2.63. The maximum atomic E-state index is 3.80. The summed E-state index contributed by atoms with van der Waals surface area (Å²) in [5.41, 5.74) is 0. The van der Waals surface area contributed by atoms with Crippen LogP contribution in [0.5, 0.6) is 0 Å². The minimum atomic E-state index is 1.07. The summed E-state index contributed by atoms with van der Waals surface area (Å²) < 4.78 is 0. The molecule has 63 valence electrons. The van der Waals surface area contributed by atoms with E-state index < -0.39 is 0 Å². The lowest BCUT2D eigenvalue weighted by Crippen LogP contribution is -1.70. The molecule has 0 amide bonds. The maximum absolute atomic E-state index is 3.80. The molecule has 0 aliphatic rings. The molecule has 0 nitrogen and oxygen atoms in total. The highest BCUT2D eigenvalue weighted by Gasteiger charge is 1.80. The summed E-state index contributed by atoms with van der Waals surface area (Å²) in [6.07, 6.45) is 14.7. The van der Waals surface area contributed by atoms with E-state index in [1.807, 2.05) is 0 Å². The molecule has 0 saturated carbocycles. The van der Waals surface area contributed by atoms with Crippen molar-refractivity contribution in [1.82, 2.24) is 0 Å². The quantitative estimate of drug-likeness (QED) is 0.399. The molecule has 0 heterocycles. The van der Waals surface area contributed by atoms with E-state index >= 15 is 0 Å². The smallest absolute Gasteiger partial charge is 0.0169 e. The number of hydrogen-bond donors (Lipinski definition) is 0. The Morgan fingerprint density at radius 3 is 2.55 bits per heavy atom. The third kappa shape index (κ3) is 9.48. The van der Waals surface area contributed by atoms with E-state index in [-0.39, 0.29) is 0 Å². The van der Waals surface area contributed by atoms with Crippen molar-refractivity contribution in [2.24, 2.45) is 0 Å². The average Bonchev–Trinajstić information content (AvgIpc) is 2.03. The minimum Gasteiger partial charge on any atom is -0.0914 e. The molecule has 11 heavy (non-hydrogen) atoms. The van der Waals surface area contributed by atoms with Gasteiger partial charge < -0.3 is 0 Å². The fourth-order valence-corrected chi connectivity index (χ4v) is 0.868. The highest BCUT2D eigenvalue weighted by Crippen LogP contribution is 1.99. The molecule has 0 bridgehead atoms. The Labute approximate surface area is 71.0 Å². The molecule has 0 aromatic heterocycles. The molecule has 0 aromatic rings. The highest BCUT2D eigenvalue weighted by molar-refractivity contribution is 4.91. The summed E-state index contributed by atoms with van der Waals surface area (Å²) in [6.45, 7) is 5.85. The minimum absolute atomic E-state index is 1.07. The molecule has 0 unspecified atom stereocenters. The first kappa shape index (κ1) is 10.5. The van der Waals surface area contributed by atoms with Crippen molar-refractivity contribution in [2.45, 2.75) is 39.0 Å². The molecule has 0 aliphatic heterocycles. The molecule has 0 aliphatic carbocycles. The van der Waals surface area contributed by atoms with E-state index in [2.05, 4.69) is 38.2 Å². The van der Waals surface area contributed by atoms with Gasteiger partial charge in [-0.15, -0.1) is 0 Å². The first-order valence-corrected chi connectivity index (χ1v) is 4.47. The van der Waals surface area contributed by atoms with Crippen molar-refractivity contribution in [3.8, 4) is 0 Å². The van der Waals surface area contributed by atoms with Gasteiger partial charge in [-0.3, -0.25) is 0 Å². The van der Waals surface area contributed by atoms with Crippen LogP contribution in [0.2, 0.25) is 0 Å². The van der Waals surface area contributed by atoms with Crippen molar-refractivity contribution in [2.75, 3.05) is 0 Å². The van der Waals surface area contributed by atoms with Gasteiger partial charge in [0.1, 0.15) is 0 Å². The lowest BCUT2D eigenvalue weighted by Gasteiger charge is -1.90. The van der Waals surface area contributed by atoms with Gasteiger partial charge in [-0.2, -0.15) is 0 Å². The Hall–Kier alpha value is -0.520. The molecule has 1 radical (unpaired) electrons. The van der Waals surface area contributed by atoms with Crippen LogP contribution in [-0.4, -0.2) is 0 Å². The normalized spacial score (nSPS) is 11.8. The third-order valence-corrected chi connectivity index (χ3v) is 1.55. The summed E-state index contributed by atoms with van der Waals surface area (Å²) in [5, 5.41) is 0. The topological polar surface area (TPSA) is 0 Å². The van der Waals surface area contributed by atoms with Crippen LogP contribution in [0.25, 0.3) is 0 Å². The van der Waals surface area contributed by atoms with E-state index in [9.17, 15) is 0 Å². The SMILES string of the molecule is [CH2]CCCCC=CCC=CC. The van der Waals surface area contributed by atoms with Crippen LogP contribution in [0.4, 0.5) is 0 Å². The Kier molecular flexibility index (Phi) is 9.03. The Morgan fingerprint density at radius 2 is 1.91 bits per heavy atom. The second-order valence-electron chi connectivity index (χ2n) is 2.63. The fraction of sp³-hybridized carbons (Fsp3) is 0.545. The number of allylic oxidation sites excluding steroid dienone is 4. The molecule has 0 fully saturated rings. The lowest BCUT2D eigenvalue weighted by atomic mass is 10.2. The molecule has 0 N–H and O–H groups in total. The van der Waals surface area contributed by atoms with Crippen molar-refractivity contribution in [3.63, 3.8) is 0 Å². The molecule has 0 heteroatoms. The molecular formula is C11H19. The van der Waals surface area contributed by atoms with Crippen molar-refractivity contribution >= 4 is 0 Å². The second kappa shape index (κ2) is 9.48. The highest BCUT2D eigenvalue weighted by atomic mass is 13.9. The van der Waals surface area contributed by atoms with Gasteiger partial charge in [0, 0.05) is 0 Å². The zero-order valence-electron chi connectivity index (χ0n) is 7.55. The molecule has 0 atom stereocenters. The van der Waals surface area contributed by atoms with Crippen LogP contribution in [-0.2, 0) is 0 Å². The number of hydrogen-bond acceptors (Lipinski definition) is 0. The zero-order chi connectivity index (χ0) is 8.36. The Morgan fingerprint density at radius 1 is 1.09 bits per heavy atom. The average molecular weight is 151 g/mol. The Balaban J connectivity index is 3.03. The van der Waals surface area contributed by atoms with E-state index in [0.29, 0.717) is 0 Å². The van der Waals surface area contributed by atoms with Crippen molar-refractivity contribution in [1.29, 1.82) is 0 Å². The number of unbranched alkanes of at least 4 members (excludes halogenated alkanes) is 3. The summed E-state index contributed by atoms with van der Waals surface area (Å²) in [5.74, 6) is 0. The van der Waals surface area contributed by atoms with Crippen LogP contribution >= 0.6 is 0 Å². The monoisotopic (exact) mass is 151 g/mol. The summed E-state index contributed by atoms with van der Waals surface area (Å²) in [6, 6.07) is 0. The van der Waals surface area contributed by atoms with E-state index in [1.54, 1.807) is 0 Å². The first-order chi connectivity index (χ1) is 5.41. The predicted octanol–water partition coefficient (Wildman–Crippen LogP) is 3.90. The van der Waals surface area contributed by atoms with E-state index in [1.165, 1.54) is 19.3 Å². The first-order valence-electron chi connectivity index (χ1n) is 4.47. The van der Waals surface area contributed by atoms with E-state index in [0.717, 1.165) is 12.8 Å². The van der Waals surface area contributed by atoms with Crippen molar-refractivity contribution in [3.05, 3.63) is 31.2 Å². The third-order valence-electron chi connectivity index (χ3n) is 1.55. The molecule has 0 saturated heterocycles. The molecule has 0 spiro atoms. The summed E-state index contributed by atoms with van der Waals surface area (Å²) in [4.78, 5) is 0. The molecule has 0 rings (SSSR count). The summed E-state index contributed by atoms with van der Waals surface area (Å²) in [7, 11) is 0. The molecule has 0 aromatic carbocycles. The van der Waals surface area contributed by atoms with Gasteiger partial charge in [-0.05, 0) is 26.2 Å². The van der Waals surface area contributed by atoms with Crippen molar-refractivity contribution < 1.29 is 0 Å². The Bertz CT molecular complexity index is 109. The van der Waals surface area contributed by atoms with Gasteiger partial charge in [0.15, 0.2) is 0 Å². The fourth-order valence-electron chi connectivity index (χ4n) is 0.868. The van der Waals surface area contributed by atoms with E-state index in [4.69, 9.17) is 0 Å². The van der Waals surface area contributed by atoms with Gasteiger partial charge in [0.05, 0.1) is 0 Å². The predicted molar refractivity (Wildman–Crippen MR) is 52.4 cm³/mol. The standard InChI is InChI=1S/C11H19/c1-3-5-7-9-11-10-8-6-4-2/h4,6,10-11H,1,3,5,7-9H2,2H3. The van der Waals surface area contributed by atoms with Crippen LogP contribution in [0.15, 0.2) is 24.3 Å². The largest absolute Gasteiger partial charge is 0.0914 e. The lowest BCUT2D eigenvalue weighted by molar-refractivity contribution is 0.759. The van der Waals surface area contributed by atoms with Crippen LogP contribution < -0.4 is 0 Å². The van der Waals surface area contributed by atoms with Crippen LogP contribution in [0.1, 0.15) is 39.0 Å². The maximum Gasteiger partial charge on any atom is -0.0169 e. The molecular weight excluding hydrogens is 132 g/mol. The van der Waals surface area contributed by atoms with Gasteiger partial charge in [0.25, 0.3) is 0 Å².